The van der Waals surface area contributed by atoms with Gasteiger partial charge in [-0.25, -0.2) is 0 Å². The zero-order chi connectivity index (χ0) is 23.5. The van der Waals surface area contributed by atoms with Crippen molar-refractivity contribution in [3.8, 4) is 5.75 Å². The van der Waals surface area contributed by atoms with Crippen LogP contribution >= 0.6 is 0 Å². The predicted octanol–water partition coefficient (Wildman–Crippen LogP) is 4.57. The van der Waals surface area contributed by atoms with Gasteiger partial charge in [0, 0.05) is 23.1 Å². The van der Waals surface area contributed by atoms with Crippen LogP contribution in [0.3, 0.4) is 0 Å². The van der Waals surface area contributed by atoms with Gasteiger partial charge < -0.3 is 19.8 Å². The first kappa shape index (κ1) is 23.7. The van der Waals surface area contributed by atoms with Crippen LogP contribution in [0.1, 0.15) is 37.9 Å². The SMILES string of the molecule is Cc1[nH]c2ccc(OC(F)(F)F)cc2c1CCNC(=O)[C@@H]1CC=CC[C@H]1C(=O)OC(C)C. The molecule has 0 aliphatic heterocycles. The number of hydrogen-bond acceptors (Lipinski definition) is 4. The molecule has 0 saturated carbocycles. The van der Waals surface area contributed by atoms with E-state index in [2.05, 4.69) is 15.0 Å². The number of amides is 1. The molecular formula is C23H27F3N2O4. The third kappa shape index (κ3) is 5.83. The Morgan fingerprint density at radius 2 is 1.88 bits per heavy atom. The van der Waals surface area contributed by atoms with Crippen molar-refractivity contribution in [3.63, 3.8) is 0 Å². The van der Waals surface area contributed by atoms with Gasteiger partial charge >= 0.3 is 12.3 Å². The van der Waals surface area contributed by atoms with Crippen LogP contribution in [0.25, 0.3) is 10.9 Å². The smallest absolute Gasteiger partial charge is 0.463 e. The summed E-state index contributed by atoms with van der Waals surface area (Å²) in [4.78, 5) is 28.3. The highest BCUT2D eigenvalue weighted by molar-refractivity contribution is 5.87. The molecule has 0 fully saturated rings. The van der Waals surface area contributed by atoms with E-state index >= 15 is 0 Å². The number of esters is 1. The molecule has 3 rings (SSSR count). The monoisotopic (exact) mass is 452 g/mol. The molecule has 32 heavy (non-hydrogen) atoms. The van der Waals surface area contributed by atoms with Crippen LogP contribution < -0.4 is 10.1 Å². The van der Waals surface area contributed by atoms with Gasteiger partial charge in [-0.15, -0.1) is 13.2 Å². The zero-order valence-corrected chi connectivity index (χ0v) is 18.2. The minimum Gasteiger partial charge on any atom is -0.463 e. The van der Waals surface area contributed by atoms with Crippen molar-refractivity contribution in [2.24, 2.45) is 11.8 Å². The van der Waals surface area contributed by atoms with E-state index in [1.165, 1.54) is 18.2 Å². The van der Waals surface area contributed by atoms with Gasteiger partial charge in [-0.1, -0.05) is 12.2 Å². The fourth-order valence-corrected chi connectivity index (χ4v) is 4.01. The highest BCUT2D eigenvalue weighted by Gasteiger charge is 2.35. The summed E-state index contributed by atoms with van der Waals surface area (Å²) >= 11 is 0. The maximum absolute atomic E-state index is 12.8. The molecule has 1 aromatic carbocycles. The first-order chi connectivity index (χ1) is 15.0. The summed E-state index contributed by atoms with van der Waals surface area (Å²) in [6, 6.07) is 4.13. The number of allylic oxidation sites excluding steroid dienone is 2. The molecule has 1 aromatic heterocycles. The topological polar surface area (TPSA) is 80.4 Å². The van der Waals surface area contributed by atoms with E-state index in [9.17, 15) is 22.8 Å². The second kappa shape index (κ2) is 9.67. The number of carbonyl (C=O) groups is 2. The van der Waals surface area contributed by atoms with Crippen LogP contribution in [0.15, 0.2) is 30.4 Å². The van der Waals surface area contributed by atoms with E-state index < -0.39 is 18.2 Å². The Morgan fingerprint density at radius 3 is 2.53 bits per heavy atom. The van der Waals surface area contributed by atoms with Crippen molar-refractivity contribution >= 4 is 22.8 Å². The lowest BCUT2D eigenvalue weighted by atomic mass is 9.82. The van der Waals surface area contributed by atoms with Crippen LogP contribution in [-0.4, -0.2) is 35.9 Å². The summed E-state index contributed by atoms with van der Waals surface area (Å²) in [5.41, 5.74) is 2.29. The maximum Gasteiger partial charge on any atom is 0.573 e. The Bertz CT molecular complexity index is 1010. The molecule has 0 bridgehead atoms. The van der Waals surface area contributed by atoms with Gasteiger partial charge in [0.1, 0.15) is 5.75 Å². The summed E-state index contributed by atoms with van der Waals surface area (Å²) in [6.45, 7) is 5.63. The number of ether oxygens (including phenoxy) is 2. The Balaban J connectivity index is 1.67. The van der Waals surface area contributed by atoms with E-state index in [1.54, 1.807) is 13.8 Å². The van der Waals surface area contributed by atoms with E-state index in [4.69, 9.17) is 4.74 Å². The number of aromatic nitrogens is 1. The molecule has 6 nitrogen and oxygen atoms in total. The molecule has 174 valence electrons. The molecule has 2 aromatic rings. The molecule has 0 unspecified atom stereocenters. The van der Waals surface area contributed by atoms with Crippen molar-refractivity contribution in [2.45, 2.75) is 52.5 Å². The normalized spacial score (nSPS) is 18.7. The molecule has 0 spiro atoms. The maximum atomic E-state index is 12.8. The molecule has 1 amide bonds. The standard InChI is InChI=1S/C23H27F3N2O4/c1-13(2)31-22(30)18-7-5-4-6-17(18)21(29)27-11-10-16-14(3)28-20-9-8-15(12-19(16)20)32-23(24,25)26/h4-5,8-9,12-13,17-18,28H,6-7,10-11H2,1-3H3,(H,27,29)/t17-,18-/m1/s1. The Labute approximate surface area is 184 Å². The third-order valence-electron chi connectivity index (χ3n) is 5.42. The number of aromatic amines is 1. The van der Waals surface area contributed by atoms with Gasteiger partial charge in [-0.2, -0.15) is 0 Å². The van der Waals surface area contributed by atoms with Gasteiger partial charge in [0.2, 0.25) is 5.91 Å². The fraction of sp³-hybridized carbons (Fsp3) is 0.478. The lowest BCUT2D eigenvalue weighted by molar-refractivity contribution is -0.274. The largest absolute Gasteiger partial charge is 0.573 e. The van der Waals surface area contributed by atoms with Gasteiger partial charge in [0.05, 0.1) is 17.9 Å². The molecule has 0 radical (unpaired) electrons. The van der Waals surface area contributed by atoms with Crippen molar-refractivity contribution < 1.29 is 32.2 Å². The summed E-state index contributed by atoms with van der Waals surface area (Å²) in [5, 5.41) is 3.48. The Morgan fingerprint density at radius 1 is 1.19 bits per heavy atom. The minimum atomic E-state index is -4.77. The van der Waals surface area contributed by atoms with Crippen molar-refractivity contribution in [1.29, 1.82) is 0 Å². The molecule has 2 atom stereocenters. The number of hydrogen-bond donors (Lipinski definition) is 2. The number of nitrogens with one attached hydrogen (secondary N) is 2. The fourth-order valence-electron chi connectivity index (χ4n) is 4.01. The third-order valence-corrected chi connectivity index (χ3v) is 5.42. The summed E-state index contributed by atoms with van der Waals surface area (Å²) in [7, 11) is 0. The van der Waals surface area contributed by atoms with Crippen LogP contribution in [0.2, 0.25) is 0 Å². The van der Waals surface area contributed by atoms with Gasteiger partial charge in [0.25, 0.3) is 0 Å². The predicted molar refractivity (Wildman–Crippen MR) is 113 cm³/mol. The van der Waals surface area contributed by atoms with E-state index in [0.29, 0.717) is 30.2 Å². The summed E-state index contributed by atoms with van der Waals surface area (Å²) < 4.78 is 47.0. The van der Waals surface area contributed by atoms with Crippen molar-refractivity contribution in [2.75, 3.05) is 6.54 Å². The Hall–Kier alpha value is -2.97. The molecule has 1 aliphatic rings. The number of fused-ring (bicyclic) bond motifs is 1. The van der Waals surface area contributed by atoms with Crippen LogP contribution in [0, 0.1) is 18.8 Å². The highest BCUT2D eigenvalue weighted by Crippen LogP contribution is 2.30. The number of alkyl halides is 3. The number of carbonyl (C=O) groups excluding carboxylic acids is 2. The van der Waals surface area contributed by atoms with Crippen molar-refractivity contribution in [1.82, 2.24) is 10.3 Å². The molecule has 0 saturated heterocycles. The summed E-state index contributed by atoms with van der Waals surface area (Å²) in [5.74, 6) is -1.95. The van der Waals surface area contributed by atoms with Gasteiger partial charge in [0.15, 0.2) is 0 Å². The van der Waals surface area contributed by atoms with Gasteiger partial charge in [-0.05, 0) is 63.8 Å². The first-order valence-corrected chi connectivity index (χ1v) is 10.6. The van der Waals surface area contributed by atoms with Crippen LogP contribution in [0.5, 0.6) is 5.75 Å². The second-order valence-electron chi connectivity index (χ2n) is 8.17. The number of H-pyrrole nitrogens is 1. The molecule has 9 heteroatoms. The van der Waals surface area contributed by atoms with Gasteiger partial charge in [-0.3, -0.25) is 9.59 Å². The lowest BCUT2D eigenvalue weighted by Crippen LogP contribution is -2.40. The number of aryl methyl sites for hydroxylation is 1. The molecule has 1 aliphatic carbocycles. The Kier molecular flexibility index (Phi) is 7.16. The minimum absolute atomic E-state index is 0.237. The zero-order valence-electron chi connectivity index (χ0n) is 18.2. The molecule has 1 heterocycles. The van der Waals surface area contributed by atoms with E-state index in [-0.39, 0.29) is 30.3 Å². The molecule has 2 N–H and O–H groups in total. The average Bonchev–Trinajstić information content (AvgIpc) is 3.01. The van der Waals surface area contributed by atoms with Crippen LogP contribution in [-0.2, 0) is 20.7 Å². The summed E-state index contributed by atoms with van der Waals surface area (Å²) in [6.07, 6.45) is 0.0572. The van der Waals surface area contributed by atoms with E-state index in [1.807, 2.05) is 19.1 Å². The quantitative estimate of drug-likeness (QED) is 0.477. The number of benzene rings is 1. The van der Waals surface area contributed by atoms with Crippen LogP contribution in [0.4, 0.5) is 13.2 Å². The second-order valence-corrected chi connectivity index (χ2v) is 8.17. The number of rotatable bonds is 7. The average molecular weight is 452 g/mol. The first-order valence-electron chi connectivity index (χ1n) is 10.6. The van der Waals surface area contributed by atoms with Crippen molar-refractivity contribution in [3.05, 3.63) is 41.6 Å². The molecular weight excluding hydrogens is 425 g/mol. The highest BCUT2D eigenvalue weighted by atomic mass is 19.4. The van der Waals surface area contributed by atoms with E-state index in [0.717, 1.165) is 11.3 Å². The lowest BCUT2D eigenvalue weighted by Gasteiger charge is -2.26. The number of halogens is 3.